The van der Waals surface area contributed by atoms with Crippen molar-refractivity contribution >= 4 is 22.8 Å². The van der Waals surface area contributed by atoms with Crippen molar-refractivity contribution in [1.82, 2.24) is 4.90 Å². The van der Waals surface area contributed by atoms with E-state index in [1.54, 1.807) is 11.8 Å². The van der Waals surface area contributed by atoms with Crippen molar-refractivity contribution in [2.75, 3.05) is 13.1 Å². The highest BCUT2D eigenvalue weighted by molar-refractivity contribution is 8.14. The van der Waals surface area contributed by atoms with E-state index in [0.29, 0.717) is 5.17 Å². The molecule has 0 unspecified atom stereocenters. The maximum absolute atomic E-state index is 8.02. The minimum absolute atomic E-state index is 0.608. The van der Waals surface area contributed by atoms with E-state index >= 15 is 0 Å². The van der Waals surface area contributed by atoms with Crippen LogP contribution >= 0.6 is 11.8 Å². The third-order valence-corrected chi connectivity index (χ3v) is 3.86. The number of thioether (sulfide) groups is 1. The third kappa shape index (κ3) is 2.29. The molecule has 3 nitrogen and oxygen atoms in total. The van der Waals surface area contributed by atoms with Gasteiger partial charge in [0.05, 0.1) is 0 Å². The predicted molar refractivity (Wildman–Crippen MR) is 78.8 cm³/mol. The number of rotatable bonds is 0. The van der Waals surface area contributed by atoms with Gasteiger partial charge in [0.2, 0.25) is 0 Å². The minimum atomic E-state index is 0.608. The van der Waals surface area contributed by atoms with Gasteiger partial charge in [-0.3, -0.25) is 10.4 Å². The Balaban J connectivity index is 0.000000574. The molecule has 0 atom stereocenters. The molecule has 3 rings (SSSR count). The van der Waals surface area contributed by atoms with Crippen molar-refractivity contribution in [3.05, 3.63) is 29.3 Å². The van der Waals surface area contributed by atoms with E-state index in [-0.39, 0.29) is 0 Å². The monoisotopic (exact) mass is 261 g/mol. The van der Waals surface area contributed by atoms with Crippen LogP contribution in [0.4, 0.5) is 0 Å². The summed E-state index contributed by atoms with van der Waals surface area (Å²) in [7, 11) is 0. The molecule has 1 N–H and O–H groups in total. The first kappa shape index (κ1) is 13.1. The second-order valence-corrected chi connectivity index (χ2v) is 5.15. The molecule has 0 saturated carbocycles. The van der Waals surface area contributed by atoms with Gasteiger partial charge >= 0.3 is 0 Å². The first-order valence-electron chi connectivity index (χ1n) is 6.45. The molecule has 0 bridgehead atoms. The Bertz CT molecular complexity index is 494. The van der Waals surface area contributed by atoms with E-state index in [9.17, 15) is 0 Å². The van der Waals surface area contributed by atoms with Gasteiger partial charge in [0.15, 0.2) is 5.17 Å². The van der Waals surface area contributed by atoms with E-state index in [1.165, 1.54) is 16.0 Å². The molecule has 1 aromatic rings. The van der Waals surface area contributed by atoms with E-state index in [4.69, 9.17) is 5.41 Å². The van der Waals surface area contributed by atoms with Crippen LogP contribution in [0.2, 0.25) is 0 Å². The van der Waals surface area contributed by atoms with Crippen LogP contribution < -0.4 is 0 Å². The molecular formula is C14H19N3S. The van der Waals surface area contributed by atoms with Gasteiger partial charge in [0.1, 0.15) is 5.84 Å². The molecule has 4 heteroatoms. The van der Waals surface area contributed by atoms with Crippen LogP contribution in [0.15, 0.2) is 28.1 Å². The Morgan fingerprint density at radius 3 is 2.89 bits per heavy atom. The van der Waals surface area contributed by atoms with Gasteiger partial charge in [-0.25, -0.2) is 0 Å². The molecule has 18 heavy (non-hydrogen) atoms. The van der Waals surface area contributed by atoms with Gasteiger partial charge in [-0.2, -0.15) is 0 Å². The van der Waals surface area contributed by atoms with Crippen molar-refractivity contribution in [2.45, 2.75) is 32.1 Å². The topological polar surface area (TPSA) is 39.5 Å². The lowest BCUT2D eigenvalue weighted by Gasteiger charge is -2.34. The van der Waals surface area contributed by atoms with Crippen LogP contribution in [0, 0.1) is 12.3 Å². The lowest BCUT2D eigenvalue weighted by atomic mass is 10.1. The average Bonchev–Trinajstić information content (AvgIpc) is 2.41. The number of aryl methyl sites for hydroxylation is 1. The van der Waals surface area contributed by atoms with Gasteiger partial charge in [-0.15, -0.1) is 0 Å². The summed E-state index contributed by atoms with van der Waals surface area (Å²) in [6, 6.07) is 6.38. The summed E-state index contributed by atoms with van der Waals surface area (Å²) < 4.78 is 0. The molecular weight excluding hydrogens is 242 g/mol. The highest BCUT2D eigenvalue weighted by Crippen LogP contribution is 2.33. The SMILES string of the molecule is CC.Cc1ccc2c(c1)SC(=N)N1CCCN=C21. The molecule has 0 saturated heterocycles. The number of nitrogens with one attached hydrogen (secondary N) is 1. The summed E-state index contributed by atoms with van der Waals surface area (Å²) >= 11 is 1.54. The van der Waals surface area contributed by atoms with E-state index in [2.05, 4.69) is 30.1 Å². The van der Waals surface area contributed by atoms with Gasteiger partial charge in [0.25, 0.3) is 0 Å². The highest BCUT2D eigenvalue weighted by Gasteiger charge is 2.28. The summed E-state index contributed by atoms with van der Waals surface area (Å²) in [5.74, 6) is 0.991. The number of hydrogen-bond acceptors (Lipinski definition) is 3. The lowest BCUT2D eigenvalue weighted by Crippen LogP contribution is -2.42. The minimum Gasteiger partial charge on any atom is -0.305 e. The van der Waals surface area contributed by atoms with E-state index in [0.717, 1.165) is 25.3 Å². The number of amidine groups is 2. The Morgan fingerprint density at radius 2 is 2.11 bits per heavy atom. The summed E-state index contributed by atoms with van der Waals surface area (Å²) in [6.45, 7) is 7.90. The molecule has 0 fully saturated rings. The molecule has 2 aliphatic heterocycles. The number of benzene rings is 1. The molecule has 0 spiro atoms. The summed E-state index contributed by atoms with van der Waals surface area (Å²) in [6.07, 6.45) is 1.05. The van der Waals surface area contributed by atoms with Crippen molar-refractivity contribution in [2.24, 2.45) is 4.99 Å². The number of fused-ring (bicyclic) bond motifs is 3. The third-order valence-electron chi connectivity index (χ3n) is 2.89. The quantitative estimate of drug-likeness (QED) is 0.776. The fourth-order valence-corrected chi connectivity index (χ4v) is 3.10. The molecule has 96 valence electrons. The normalized spacial score (nSPS) is 17.2. The molecule has 0 aromatic heterocycles. The van der Waals surface area contributed by atoms with Crippen molar-refractivity contribution < 1.29 is 0 Å². The van der Waals surface area contributed by atoms with E-state index in [1.807, 2.05) is 18.7 Å². The average molecular weight is 261 g/mol. The molecule has 0 aliphatic carbocycles. The Kier molecular flexibility index (Phi) is 4.07. The van der Waals surface area contributed by atoms with Crippen molar-refractivity contribution in [3.8, 4) is 0 Å². The van der Waals surface area contributed by atoms with Crippen LogP contribution in [-0.2, 0) is 0 Å². The molecule has 2 aliphatic rings. The summed E-state index contributed by atoms with van der Waals surface area (Å²) in [5, 5.41) is 8.63. The maximum Gasteiger partial charge on any atom is 0.166 e. The van der Waals surface area contributed by atoms with Gasteiger partial charge < -0.3 is 4.90 Å². The largest absolute Gasteiger partial charge is 0.305 e. The molecule has 2 heterocycles. The van der Waals surface area contributed by atoms with Gasteiger partial charge in [-0.05, 0) is 31.0 Å². The van der Waals surface area contributed by atoms with Gasteiger partial charge in [0, 0.05) is 23.5 Å². The lowest BCUT2D eigenvalue weighted by molar-refractivity contribution is 0.552. The Labute approximate surface area is 113 Å². The zero-order valence-corrected chi connectivity index (χ0v) is 12.0. The highest BCUT2D eigenvalue weighted by atomic mass is 32.2. The molecule has 1 aromatic carbocycles. The first-order chi connectivity index (χ1) is 8.75. The second kappa shape index (κ2) is 5.57. The number of nitrogens with zero attached hydrogens (tertiary/aromatic N) is 2. The zero-order valence-electron chi connectivity index (χ0n) is 11.2. The van der Waals surface area contributed by atoms with Crippen LogP contribution in [0.25, 0.3) is 0 Å². The summed E-state index contributed by atoms with van der Waals surface area (Å²) in [4.78, 5) is 7.75. The van der Waals surface area contributed by atoms with Crippen LogP contribution in [-0.4, -0.2) is 29.0 Å². The summed E-state index contributed by atoms with van der Waals surface area (Å²) in [5.41, 5.74) is 2.43. The van der Waals surface area contributed by atoms with Gasteiger partial charge in [-0.1, -0.05) is 31.7 Å². The number of aliphatic imine (C=N–C) groups is 1. The second-order valence-electron chi connectivity index (χ2n) is 4.12. The van der Waals surface area contributed by atoms with Crippen LogP contribution in [0.5, 0.6) is 0 Å². The Morgan fingerprint density at radius 1 is 1.33 bits per heavy atom. The predicted octanol–water partition coefficient (Wildman–Crippen LogP) is 3.51. The van der Waals surface area contributed by atoms with E-state index < -0.39 is 0 Å². The van der Waals surface area contributed by atoms with Crippen molar-refractivity contribution in [3.63, 3.8) is 0 Å². The smallest absolute Gasteiger partial charge is 0.166 e. The van der Waals surface area contributed by atoms with Crippen LogP contribution in [0.3, 0.4) is 0 Å². The van der Waals surface area contributed by atoms with Crippen molar-refractivity contribution in [1.29, 1.82) is 5.41 Å². The van der Waals surface area contributed by atoms with Crippen LogP contribution in [0.1, 0.15) is 31.4 Å². The Hall–Kier alpha value is -1.29. The molecule has 0 radical (unpaired) electrons. The first-order valence-corrected chi connectivity index (χ1v) is 7.27. The fourth-order valence-electron chi connectivity index (χ4n) is 2.09. The maximum atomic E-state index is 8.02. The standard InChI is InChI=1S/C12H13N3S.C2H6/c1-8-3-4-9-10(7-8)16-12(13)15-6-2-5-14-11(9)15;1-2/h3-4,7,13H,2,5-6H2,1H3;1-2H3. The fraction of sp³-hybridized carbons (Fsp3) is 0.429. The zero-order chi connectivity index (χ0) is 13.1. The number of hydrogen-bond donors (Lipinski definition) is 1. The molecule has 0 amide bonds.